The van der Waals surface area contributed by atoms with Crippen molar-refractivity contribution in [2.24, 2.45) is 10.2 Å². The second-order valence-electron chi connectivity index (χ2n) is 3.63. The predicted octanol–water partition coefficient (Wildman–Crippen LogP) is 0.510. The quantitative estimate of drug-likeness (QED) is 0.367. The standard InChI is InChI=1S/C12H15N5O3S/c1-13-11(21)16-15-7-9-5-8(3-4-10(9)18)6-14-17-12(19)20-2/h3-7,18H,1-2H3,(H,17,19)(H2,13,16,21)/b14-6+,15-7+. The van der Waals surface area contributed by atoms with E-state index in [1.807, 2.05) is 0 Å². The Bertz CT molecular complexity index is 574. The fourth-order valence-corrected chi connectivity index (χ4v) is 1.23. The Hall–Kier alpha value is -2.68. The summed E-state index contributed by atoms with van der Waals surface area (Å²) in [7, 11) is 2.90. The molecule has 0 aliphatic rings. The number of hydrogen-bond donors (Lipinski definition) is 4. The molecule has 0 atom stereocenters. The van der Waals surface area contributed by atoms with Crippen LogP contribution in [0.25, 0.3) is 0 Å². The summed E-state index contributed by atoms with van der Waals surface area (Å²) in [5, 5.41) is 20.3. The Labute approximate surface area is 126 Å². The van der Waals surface area contributed by atoms with E-state index in [2.05, 4.69) is 31.1 Å². The third-order valence-corrected chi connectivity index (χ3v) is 2.50. The van der Waals surface area contributed by atoms with E-state index in [1.165, 1.54) is 25.6 Å². The van der Waals surface area contributed by atoms with Gasteiger partial charge in [0.2, 0.25) is 0 Å². The third kappa shape index (κ3) is 5.87. The number of nitrogens with zero attached hydrogens (tertiary/aromatic N) is 2. The van der Waals surface area contributed by atoms with Crippen molar-refractivity contribution >= 4 is 35.9 Å². The fraction of sp³-hybridized carbons (Fsp3) is 0.167. The van der Waals surface area contributed by atoms with Gasteiger partial charge in [-0.25, -0.2) is 10.2 Å². The van der Waals surface area contributed by atoms with Crippen molar-refractivity contribution < 1.29 is 14.6 Å². The van der Waals surface area contributed by atoms with Crippen LogP contribution in [0.5, 0.6) is 5.75 Å². The van der Waals surface area contributed by atoms with E-state index in [0.717, 1.165) is 0 Å². The summed E-state index contributed by atoms with van der Waals surface area (Å²) in [6.07, 6.45) is 2.14. The number of hydrogen-bond acceptors (Lipinski definition) is 6. The number of carbonyl (C=O) groups excluding carboxylic acids is 1. The lowest BCUT2D eigenvalue weighted by molar-refractivity contribution is 0.171. The lowest BCUT2D eigenvalue weighted by Gasteiger charge is -2.02. The van der Waals surface area contributed by atoms with Gasteiger partial charge in [-0.05, 0) is 36.0 Å². The fourth-order valence-electron chi connectivity index (χ4n) is 1.18. The van der Waals surface area contributed by atoms with Gasteiger partial charge in [0.1, 0.15) is 5.75 Å². The van der Waals surface area contributed by atoms with E-state index in [1.54, 1.807) is 19.2 Å². The summed E-state index contributed by atoms with van der Waals surface area (Å²) in [4.78, 5) is 10.8. The van der Waals surface area contributed by atoms with Crippen molar-refractivity contribution in [3.8, 4) is 5.75 Å². The maximum Gasteiger partial charge on any atom is 0.427 e. The molecule has 0 saturated heterocycles. The highest BCUT2D eigenvalue weighted by molar-refractivity contribution is 7.80. The molecule has 0 radical (unpaired) electrons. The number of aromatic hydroxyl groups is 1. The lowest BCUT2D eigenvalue weighted by atomic mass is 10.1. The first-order valence-corrected chi connectivity index (χ1v) is 6.18. The van der Waals surface area contributed by atoms with Crippen molar-refractivity contribution in [1.29, 1.82) is 0 Å². The summed E-state index contributed by atoms with van der Waals surface area (Å²) in [5.41, 5.74) is 5.84. The molecule has 4 N–H and O–H groups in total. The zero-order valence-corrected chi connectivity index (χ0v) is 12.3. The van der Waals surface area contributed by atoms with E-state index in [0.29, 0.717) is 16.2 Å². The predicted molar refractivity (Wildman–Crippen MR) is 83.6 cm³/mol. The molecule has 21 heavy (non-hydrogen) atoms. The summed E-state index contributed by atoms with van der Waals surface area (Å²) in [6, 6.07) is 4.74. The molecule has 0 unspecified atom stereocenters. The van der Waals surface area contributed by atoms with E-state index < -0.39 is 6.09 Å². The van der Waals surface area contributed by atoms with Gasteiger partial charge in [-0.1, -0.05) is 0 Å². The minimum atomic E-state index is -0.670. The van der Waals surface area contributed by atoms with Crippen LogP contribution in [0.3, 0.4) is 0 Å². The van der Waals surface area contributed by atoms with Gasteiger partial charge >= 0.3 is 6.09 Å². The average Bonchev–Trinajstić information content (AvgIpc) is 2.49. The van der Waals surface area contributed by atoms with Crippen LogP contribution in [0, 0.1) is 0 Å². The van der Waals surface area contributed by atoms with Crippen LogP contribution >= 0.6 is 12.2 Å². The highest BCUT2D eigenvalue weighted by Gasteiger charge is 2.00. The Morgan fingerprint density at radius 1 is 1.33 bits per heavy atom. The molecule has 0 heterocycles. The van der Waals surface area contributed by atoms with E-state index >= 15 is 0 Å². The second kappa shape index (κ2) is 8.48. The van der Waals surface area contributed by atoms with Crippen LogP contribution in [-0.4, -0.2) is 42.9 Å². The second-order valence-corrected chi connectivity index (χ2v) is 4.04. The van der Waals surface area contributed by atoms with Crippen molar-refractivity contribution in [2.75, 3.05) is 14.2 Å². The molecule has 1 aromatic rings. The summed E-state index contributed by atoms with van der Waals surface area (Å²) >= 11 is 4.85. The Morgan fingerprint density at radius 3 is 2.71 bits per heavy atom. The molecule has 0 saturated carbocycles. The van der Waals surface area contributed by atoms with Gasteiger partial charge in [-0.2, -0.15) is 10.2 Å². The monoisotopic (exact) mass is 309 g/mol. The first kappa shape index (κ1) is 16.4. The molecule has 0 aliphatic heterocycles. The average molecular weight is 309 g/mol. The number of rotatable bonds is 4. The van der Waals surface area contributed by atoms with Crippen molar-refractivity contribution in [3.05, 3.63) is 29.3 Å². The zero-order valence-electron chi connectivity index (χ0n) is 11.5. The number of phenolic OH excluding ortho intramolecular Hbond substituents is 1. The van der Waals surface area contributed by atoms with Crippen LogP contribution in [0.2, 0.25) is 0 Å². The molecular formula is C12H15N5O3S. The maximum absolute atomic E-state index is 10.8. The van der Waals surface area contributed by atoms with Crippen LogP contribution in [0.15, 0.2) is 28.4 Å². The largest absolute Gasteiger partial charge is 0.507 e. The molecule has 0 bridgehead atoms. The minimum absolute atomic E-state index is 0.0500. The smallest absolute Gasteiger partial charge is 0.427 e. The summed E-state index contributed by atoms with van der Waals surface area (Å²) < 4.78 is 4.37. The lowest BCUT2D eigenvalue weighted by Crippen LogP contribution is -2.28. The Morgan fingerprint density at radius 2 is 2.05 bits per heavy atom. The highest BCUT2D eigenvalue weighted by Crippen LogP contribution is 2.15. The highest BCUT2D eigenvalue weighted by atomic mass is 32.1. The summed E-state index contributed by atoms with van der Waals surface area (Å²) in [6.45, 7) is 0. The van der Waals surface area contributed by atoms with Gasteiger partial charge in [0, 0.05) is 12.6 Å². The first-order chi connectivity index (χ1) is 10.1. The number of methoxy groups -OCH3 is 1. The number of ether oxygens (including phenoxy) is 1. The molecule has 0 aliphatic carbocycles. The number of carbonyl (C=O) groups is 1. The molecule has 1 amide bonds. The normalized spacial score (nSPS) is 10.6. The topological polar surface area (TPSA) is 107 Å². The van der Waals surface area contributed by atoms with E-state index in [9.17, 15) is 9.90 Å². The van der Waals surface area contributed by atoms with Crippen LogP contribution in [0.1, 0.15) is 11.1 Å². The van der Waals surface area contributed by atoms with E-state index in [-0.39, 0.29) is 5.75 Å². The van der Waals surface area contributed by atoms with Crippen molar-refractivity contribution in [1.82, 2.24) is 16.2 Å². The van der Waals surface area contributed by atoms with Gasteiger partial charge in [-0.3, -0.25) is 5.43 Å². The number of nitrogens with one attached hydrogen (secondary N) is 3. The molecule has 0 fully saturated rings. The van der Waals surface area contributed by atoms with Crippen LogP contribution in [-0.2, 0) is 4.74 Å². The van der Waals surface area contributed by atoms with Crippen LogP contribution < -0.4 is 16.2 Å². The Kier molecular flexibility index (Phi) is 6.61. The van der Waals surface area contributed by atoms with Gasteiger partial charge in [-0.15, -0.1) is 0 Å². The maximum atomic E-state index is 10.8. The number of phenols is 1. The molecule has 1 aromatic carbocycles. The van der Waals surface area contributed by atoms with Gasteiger partial charge in [0.05, 0.1) is 19.5 Å². The van der Waals surface area contributed by atoms with Crippen molar-refractivity contribution in [2.45, 2.75) is 0 Å². The van der Waals surface area contributed by atoms with E-state index in [4.69, 9.17) is 12.2 Å². The molecule has 112 valence electrons. The SMILES string of the molecule is CNC(=S)N/N=C/c1cc(/C=N/NC(=O)OC)ccc1O. The molecular weight excluding hydrogens is 294 g/mol. The molecule has 9 heteroatoms. The molecule has 8 nitrogen and oxygen atoms in total. The van der Waals surface area contributed by atoms with Gasteiger partial charge in [0.15, 0.2) is 5.11 Å². The van der Waals surface area contributed by atoms with Crippen LogP contribution in [0.4, 0.5) is 4.79 Å². The summed E-state index contributed by atoms with van der Waals surface area (Å²) in [5.74, 6) is 0.0500. The van der Waals surface area contributed by atoms with Crippen molar-refractivity contribution in [3.63, 3.8) is 0 Å². The van der Waals surface area contributed by atoms with Gasteiger partial charge in [0.25, 0.3) is 0 Å². The Balaban J connectivity index is 2.75. The minimum Gasteiger partial charge on any atom is -0.507 e. The number of hydrazone groups is 2. The first-order valence-electron chi connectivity index (χ1n) is 5.77. The molecule has 0 spiro atoms. The molecule has 1 rings (SSSR count). The number of amides is 1. The van der Waals surface area contributed by atoms with Gasteiger partial charge < -0.3 is 15.2 Å². The number of benzene rings is 1. The third-order valence-electron chi connectivity index (χ3n) is 2.20. The zero-order chi connectivity index (χ0) is 15.7. The molecule has 0 aromatic heterocycles. The number of thiocarbonyl (C=S) groups is 1.